The van der Waals surface area contributed by atoms with Gasteiger partial charge in [-0.2, -0.15) is 0 Å². The molecule has 10 aromatic rings. The minimum atomic E-state index is -0.260. The SMILES string of the molecule is CC1(c2ccccc2)c2ccccc2-c2ccc(-c3cccc(-c4cc(-c5cccc(-c6cccc7sc8ccccc8c67)c5)nc(-c5ccccc5)n4)c3)cc21. The Hall–Kier alpha value is -6.94. The molecule has 0 saturated heterocycles. The average molecular weight is 745 g/mol. The molecule has 1 atom stereocenters. The first-order valence-electron chi connectivity index (χ1n) is 19.5. The second-order valence-corrected chi connectivity index (χ2v) is 16.1. The lowest BCUT2D eigenvalue weighted by molar-refractivity contribution is 0.714. The molecule has 57 heavy (non-hydrogen) atoms. The van der Waals surface area contributed by atoms with Gasteiger partial charge in [0.15, 0.2) is 5.82 Å². The van der Waals surface area contributed by atoms with Crippen molar-refractivity contribution in [2.75, 3.05) is 0 Å². The van der Waals surface area contributed by atoms with Gasteiger partial charge in [0.2, 0.25) is 0 Å². The standard InChI is InChI=1S/C54H36N2S/c1-54(41-21-6-3-7-22-41)46-26-10-8-23-43(46)44-30-29-37(33-47(44)54)36-17-12-19-39(31-36)48-34-49(56-53(55-48)35-15-4-2-5-16-35)40-20-13-18-38(32-40)42-25-14-28-51-52(42)45-24-9-11-27-50(45)57-51/h2-34H,1H3. The monoisotopic (exact) mass is 744 g/mol. The highest BCUT2D eigenvalue weighted by atomic mass is 32.1. The van der Waals surface area contributed by atoms with Crippen LogP contribution in [-0.2, 0) is 5.41 Å². The molecule has 1 aliphatic rings. The third-order valence-electron chi connectivity index (χ3n) is 11.8. The van der Waals surface area contributed by atoms with Gasteiger partial charge in [0.1, 0.15) is 0 Å². The Bertz CT molecular complexity index is 3140. The van der Waals surface area contributed by atoms with Gasteiger partial charge in [0.05, 0.1) is 11.4 Å². The highest BCUT2D eigenvalue weighted by molar-refractivity contribution is 7.25. The lowest BCUT2D eigenvalue weighted by Crippen LogP contribution is -2.22. The molecule has 0 bridgehead atoms. The number of hydrogen-bond donors (Lipinski definition) is 0. The molecule has 11 rings (SSSR count). The summed E-state index contributed by atoms with van der Waals surface area (Å²) in [5.74, 6) is 0.707. The van der Waals surface area contributed by atoms with Gasteiger partial charge in [-0.3, -0.25) is 0 Å². The van der Waals surface area contributed by atoms with Crippen molar-refractivity contribution in [3.05, 3.63) is 217 Å². The summed E-state index contributed by atoms with van der Waals surface area (Å²) in [6.07, 6.45) is 0. The molecule has 0 amide bonds. The first-order valence-corrected chi connectivity index (χ1v) is 20.3. The molecule has 0 spiro atoms. The van der Waals surface area contributed by atoms with Crippen molar-refractivity contribution in [1.29, 1.82) is 0 Å². The van der Waals surface area contributed by atoms with E-state index in [0.717, 1.165) is 33.6 Å². The Kier molecular flexibility index (Phi) is 7.84. The van der Waals surface area contributed by atoms with E-state index in [9.17, 15) is 0 Å². The van der Waals surface area contributed by atoms with E-state index in [0.29, 0.717) is 5.82 Å². The lowest BCUT2D eigenvalue weighted by atomic mass is 9.74. The maximum atomic E-state index is 5.22. The summed E-state index contributed by atoms with van der Waals surface area (Å²) in [6.45, 7) is 2.37. The fourth-order valence-corrected chi connectivity index (χ4v) is 10.1. The summed E-state index contributed by atoms with van der Waals surface area (Å²) in [5.41, 5.74) is 16.0. The van der Waals surface area contributed by atoms with Crippen LogP contribution in [0.5, 0.6) is 0 Å². The average Bonchev–Trinajstić information content (AvgIpc) is 3.80. The van der Waals surface area contributed by atoms with Gasteiger partial charge in [-0.25, -0.2) is 9.97 Å². The maximum Gasteiger partial charge on any atom is 0.160 e. The minimum absolute atomic E-state index is 0.260. The van der Waals surface area contributed by atoms with Crippen LogP contribution in [0.15, 0.2) is 200 Å². The summed E-state index contributed by atoms with van der Waals surface area (Å²) in [4.78, 5) is 10.4. The molecule has 0 saturated carbocycles. The van der Waals surface area contributed by atoms with Crippen molar-refractivity contribution >= 4 is 31.5 Å². The molecular formula is C54H36N2S. The number of thiophene rings is 1. The lowest BCUT2D eigenvalue weighted by Gasteiger charge is -2.28. The predicted octanol–water partition coefficient (Wildman–Crippen LogP) is 14.5. The molecule has 3 heteroatoms. The normalized spacial score (nSPS) is 14.5. The summed E-state index contributed by atoms with van der Waals surface area (Å²) < 4.78 is 2.61. The van der Waals surface area contributed by atoms with Crippen molar-refractivity contribution in [2.24, 2.45) is 0 Å². The van der Waals surface area contributed by atoms with E-state index in [1.54, 1.807) is 0 Å². The first kappa shape index (κ1) is 33.4. The molecular weight excluding hydrogens is 709 g/mol. The van der Waals surface area contributed by atoms with Crippen LogP contribution in [0.3, 0.4) is 0 Å². The smallest absolute Gasteiger partial charge is 0.160 e. The second kappa shape index (κ2) is 13.4. The number of hydrogen-bond acceptors (Lipinski definition) is 3. The Morgan fingerprint density at radius 2 is 0.947 bits per heavy atom. The zero-order valence-electron chi connectivity index (χ0n) is 31.4. The van der Waals surface area contributed by atoms with Crippen molar-refractivity contribution in [3.8, 4) is 67.3 Å². The zero-order valence-corrected chi connectivity index (χ0v) is 32.2. The maximum absolute atomic E-state index is 5.22. The Labute approximate surface area is 336 Å². The van der Waals surface area contributed by atoms with E-state index < -0.39 is 0 Å². The molecule has 0 N–H and O–H groups in total. The molecule has 2 heterocycles. The van der Waals surface area contributed by atoms with Crippen LogP contribution in [0.25, 0.3) is 87.5 Å². The molecule has 0 fully saturated rings. The van der Waals surface area contributed by atoms with Crippen LogP contribution in [0.1, 0.15) is 23.6 Å². The largest absolute Gasteiger partial charge is 0.228 e. The zero-order chi connectivity index (χ0) is 37.9. The van der Waals surface area contributed by atoms with E-state index in [-0.39, 0.29) is 5.41 Å². The van der Waals surface area contributed by atoms with Gasteiger partial charge >= 0.3 is 0 Å². The summed E-state index contributed by atoms with van der Waals surface area (Å²) in [7, 11) is 0. The number of fused-ring (bicyclic) bond motifs is 6. The molecule has 0 radical (unpaired) electrons. The third-order valence-corrected chi connectivity index (χ3v) is 12.9. The fraction of sp³-hybridized carbons (Fsp3) is 0.0370. The first-order chi connectivity index (χ1) is 28.1. The second-order valence-electron chi connectivity index (χ2n) is 15.1. The fourth-order valence-electron chi connectivity index (χ4n) is 8.93. The van der Waals surface area contributed by atoms with Gasteiger partial charge in [0, 0.05) is 42.3 Å². The van der Waals surface area contributed by atoms with E-state index in [4.69, 9.17) is 9.97 Å². The van der Waals surface area contributed by atoms with Crippen LogP contribution >= 0.6 is 11.3 Å². The number of rotatable bonds is 6. The van der Waals surface area contributed by atoms with E-state index in [1.807, 2.05) is 29.5 Å². The van der Waals surface area contributed by atoms with Crippen LogP contribution in [0.4, 0.5) is 0 Å². The number of nitrogens with zero attached hydrogens (tertiary/aromatic N) is 2. The minimum Gasteiger partial charge on any atom is -0.228 e. The molecule has 2 aromatic heterocycles. The van der Waals surface area contributed by atoms with E-state index in [2.05, 4.69) is 189 Å². The summed E-state index contributed by atoms with van der Waals surface area (Å²) in [5, 5.41) is 2.60. The van der Waals surface area contributed by atoms with Gasteiger partial charge in [-0.15, -0.1) is 11.3 Å². The van der Waals surface area contributed by atoms with Gasteiger partial charge < -0.3 is 0 Å². The summed E-state index contributed by atoms with van der Waals surface area (Å²) in [6, 6.07) is 72.2. The van der Waals surface area contributed by atoms with Crippen LogP contribution in [0.2, 0.25) is 0 Å². The summed E-state index contributed by atoms with van der Waals surface area (Å²) >= 11 is 1.85. The molecule has 1 aliphatic carbocycles. The Balaban J connectivity index is 1.03. The van der Waals surface area contributed by atoms with Crippen LogP contribution < -0.4 is 0 Å². The predicted molar refractivity (Wildman–Crippen MR) is 240 cm³/mol. The molecule has 1 unspecified atom stereocenters. The number of benzene rings is 8. The van der Waals surface area contributed by atoms with Crippen molar-refractivity contribution in [3.63, 3.8) is 0 Å². The topological polar surface area (TPSA) is 25.8 Å². The van der Waals surface area contributed by atoms with Crippen LogP contribution in [0, 0.1) is 0 Å². The molecule has 2 nitrogen and oxygen atoms in total. The van der Waals surface area contributed by atoms with E-state index in [1.165, 1.54) is 64.7 Å². The quantitative estimate of drug-likeness (QED) is 0.169. The van der Waals surface area contributed by atoms with Gasteiger partial charge in [-0.1, -0.05) is 164 Å². The number of aromatic nitrogens is 2. The Morgan fingerprint density at radius 3 is 1.75 bits per heavy atom. The van der Waals surface area contributed by atoms with E-state index >= 15 is 0 Å². The van der Waals surface area contributed by atoms with Gasteiger partial charge in [-0.05, 0) is 93.4 Å². The third kappa shape index (κ3) is 5.54. The van der Waals surface area contributed by atoms with Crippen LogP contribution in [-0.4, -0.2) is 9.97 Å². The van der Waals surface area contributed by atoms with Crippen molar-refractivity contribution < 1.29 is 0 Å². The highest BCUT2D eigenvalue weighted by Gasteiger charge is 2.40. The molecule has 268 valence electrons. The molecule has 8 aromatic carbocycles. The Morgan fingerprint density at radius 1 is 0.386 bits per heavy atom. The van der Waals surface area contributed by atoms with Crippen molar-refractivity contribution in [2.45, 2.75) is 12.3 Å². The van der Waals surface area contributed by atoms with Crippen molar-refractivity contribution in [1.82, 2.24) is 9.97 Å². The van der Waals surface area contributed by atoms with Gasteiger partial charge in [0.25, 0.3) is 0 Å². The highest BCUT2D eigenvalue weighted by Crippen LogP contribution is 2.53. The molecule has 0 aliphatic heterocycles.